The van der Waals surface area contributed by atoms with Crippen LogP contribution in [0.2, 0.25) is 0 Å². The van der Waals surface area contributed by atoms with Gasteiger partial charge in [-0.1, -0.05) is 13.8 Å². The minimum atomic E-state index is -3.74. The Morgan fingerprint density at radius 2 is 1.87 bits per heavy atom. The smallest absolute Gasteiger partial charge is 0.326 e. The highest BCUT2D eigenvalue weighted by Crippen LogP contribution is 2.45. The van der Waals surface area contributed by atoms with Crippen LogP contribution in [0.15, 0.2) is 12.7 Å². The average molecular weight is 557 g/mol. The lowest BCUT2D eigenvalue weighted by atomic mass is 10.1. The zero-order chi connectivity index (χ0) is 28.5. The minimum absolute atomic E-state index is 0.0151. The Kier molecular flexibility index (Phi) is 11.6. The number of nitrogens with zero attached hydrogens (tertiary/aromatic N) is 4. The second-order valence-corrected chi connectivity index (χ2v) is 12.1. The summed E-state index contributed by atoms with van der Waals surface area (Å²) < 4.78 is 37.8. The van der Waals surface area contributed by atoms with Gasteiger partial charge in [-0.25, -0.2) is 20.0 Å². The van der Waals surface area contributed by atoms with Crippen molar-refractivity contribution in [3.8, 4) is 0 Å². The molecule has 2 aromatic rings. The van der Waals surface area contributed by atoms with Crippen molar-refractivity contribution in [3.63, 3.8) is 0 Å². The first kappa shape index (κ1) is 31.6. The van der Waals surface area contributed by atoms with Crippen LogP contribution in [0.5, 0.6) is 0 Å². The minimum Gasteiger partial charge on any atom is -0.464 e. The molecular weight excluding hydrogens is 515 g/mol. The number of ether oxygens (including phenoxy) is 3. The fraction of sp³-hybridized carbons (Fsp3) is 0.708. The molecule has 3 atom stereocenters. The van der Waals surface area contributed by atoms with E-state index in [1.54, 1.807) is 52.4 Å². The number of fused-ring (bicyclic) bond motifs is 1. The molecule has 38 heavy (non-hydrogen) atoms. The Morgan fingerprint density at radius 1 is 1.16 bits per heavy atom. The Morgan fingerprint density at radius 3 is 2.53 bits per heavy atom. The van der Waals surface area contributed by atoms with Crippen LogP contribution in [0.1, 0.15) is 61.3 Å². The maximum Gasteiger partial charge on any atom is 0.326 e. The quantitative estimate of drug-likeness (QED) is 0.229. The molecule has 2 rings (SSSR count). The van der Waals surface area contributed by atoms with E-state index in [9.17, 15) is 14.2 Å². The van der Waals surface area contributed by atoms with E-state index >= 15 is 0 Å². The highest BCUT2D eigenvalue weighted by Gasteiger charge is 2.38. The van der Waals surface area contributed by atoms with E-state index in [4.69, 9.17) is 24.5 Å². The third kappa shape index (κ3) is 9.30. The van der Waals surface area contributed by atoms with E-state index in [2.05, 4.69) is 20.0 Å². The molecule has 0 amide bonds. The van der Waals surface area contributed by atoms with Crippen LogP contribution in [0.4, 0.5) is 5.82 Å². The Hall–Kier alpha value is -2.60. The summed E-state index contributed by atoms with van der Waals surface area (Å²) in [6.07, 6.45) is 2.86. The van der Waals surface area contributed by atoms with Gasteiger partial charge < -0.3 is 29.0 Å². The molecule has 214 valence electrons. The maximum atomic E-state index is 13.9. The first-order valence-electron chi connectivity index (χ1n) is 12.7. The number of nitrogen functional groups attached to an aromatic ring is 1. The van der Waals surface area contributed by atoms with E-state index in [1.165, 1.54) is 6.33 Å². The fourth-order valence-electron chi connectivity index (χ4n) is 3.38. The molecule has 0 bridgehead atoms. The van der Waals surface area contributed by atoms with Gasteiger partial charge in [-0.05, 0) is 47.5 Å². The van der Waals surface area contributed by atoms with Crippen LogP contribution in [0.3, 0.4) is 0 Å². The molecule has 0 saturated heterocycles. The highest BCUT2D eigenvalue weighted by atomic mass is 31.2. The second kappa shape index (κ2) is 14.0. The van der Waals surface area contributed by atoms with Crippen molar-refractivity contribution in [2.45, 2.75) is 85.6 Å². The fourth-order valence-corrected chi connectivity index (χ4v) is 5.38. The number of hydrogen-bond acceptors (Lipinski definition) is 11. The average Bonchev–Trinajstić information content (AvgIpc) is 3.24. The zero-order valence-corrected chi connectivity index (χ0v) is 24.2. The van der Waals surface area contributed by atoms with Crippen LogP contribution >= 0.6 is 7.52 Å². The number of carbonyl (C=O) groups excluding carboxylic acids is 2. The number of nitrogens with one attached hydrogen (secondary N) is 1. The van der Waals surface area contributed by atoms with E-state index in [-0.39, 0.29) is 43.9 Å². The largest absolute Gasteiger partial charge is 0.464 e. The standard InChI is InChI=1S/C24H41N6O7P/c1-8-10-34-23(32)24(6,7)29-38(33,36-11-9-17(4)22(31)37-16(2)3)15-35-18(5)12-30-14-28-19-20(25)26-13-27-21(19)30/h13-14,16-18H,8-12,15H2,1-7H3,(H,29,33)(H2,25,26,27)/t17-,18+,38-/m0/s1. The molecule has 0 fully saturated rings. The van der Waals surface area contributed by atoms with Gasteiger partial charge in [-0.3, -0.25) is 14.2 Å². The summed E-state index contributed by atoms with van der Waals surface area (Å²) >= 11 is 0. The molecule has 0 aliphatic rings. The van der Waals surface area contributed by atoms with E-state index in [0.29, 0.717) is 24.1 Å². The number of imidazole rings is 1. The lowest BCUT2D eigenvalue weighted by Crippen LogP contribution is -2.47. The van der Waals surface area contributed by atoms with Gasteiger partial charge >= 0.3 is 11.9 Å². The van der Waals surface area contributed by atoms with E-state index in [0.717, 1.165) is 0 Å². The normalized spacial score (nSPS) is 15.3. The molecule has 0 unspecified atom stereocenters. The lowest BCUT2D eigenvalue weighted by Gasteiger charge is -2.30. The molecule has 0 aromatic carbocycles. The summed E-state index contributed by atoms with van der Waals surface area (Å²) in [6, 6.07) is 0. The van der Waals surface area contributed by atoms with Crippen LogP contribution in [0.25, 0.3) is 11.2 Å². The van der Waals surface area contributed by atoms with E-state index < -0.39 is 31.0 Å². The summed E-state index contributed by atoms with van der Waals surface area (Å²) in [7, 11) is -3.74. The molecule has 0 saturated carbocycles. The molecular formula is C24H41N6O7P. The van der Waals surface area contributed by atoms with Gasteiger partial charge in [-0.15, -0.1) is 0 Å². The Bertz CT molecular complexity index is 1120. The van der Waals surface area contributed by atoms with Gasteiger partial charge in [0.1, 0.15) is 23.7 Å². The monoisotopic (exact) mass is 556 g/mol. The Balaban J connectivity index is 2.09. The third-order valence-corrected chi connectivity index (χ3v) is 7.40. The molecule has 0 radical (unpaired) electrons. The van der Waals surface area contributed by atoms with Gasteiger partial charge in [-0.2, -0.15) is 0 Å². The van der Waals surface area contributed by atoms with Gasteiger partial charge in [0.2, 0.25) is 0 Å². The molecule has 3 N–H and O–H groups in total. The van der Waals surface area contributed by atoms with Crippen molar-refractivity contribution >= 4 is 36.4 Å². The molecule has 2 aromatic heterocycles. The molecule has 0 spiro atoms. The highest BCUT2D eigenvalue weighted by molar-refractivity contribution is 7.56. The number of rotatable bonds is 16. The molecule has 2 heterocycles. The van der Waals surface area contributed by atoms with Crippen LogP contribution in [0, 0.1) is 5.92 Å². The summed E-state index contributed by atoms with van der Waals surface area (Å²) in [5.41, 5.74) is 5.57. The molecule has 0 aliphatic heterocycles. The zero-order valence-electron chi connectivity index (χ0n) is 23.3. The van der Waals surface area contributed by atoms with Crippen LogP contribution in [-0.4, -0.2) is 68.8 Å². The third-order valence-electron chi connectivity index (χ3n) is 5.41. The van der Waals surface area contributed by atoms with E-state index in [1.807, 2.05) is 6.92 Å². The summed E-state index contributed by atoms with van der Waals surface area (Å²) in [5, 5.41) is 2.83. The Labute approximate surface area is 223 Å². The number of hydrogen-bond donors (Lipinski definition) is 2. The lowest BCUT2D eigenvalue weighted by molar-refractivity contribution is -0.152. The number of esters is 2. The molecule has 13 nitrogen and oxygen atoms in total. The molecule has 14 heteroatoms. The number of anilines is 1. The van der Waals surface area contributed by atoms with Crippen molar-refractivity contribution in [1.29, 1.82) is 0 Å². The second-order valence-electron chi connectivity index (χ2n) is 9.99. The van der Waals surface area contributed by atoms with Crippen LogP contribution in [-0.2, 0) is 39.4 Å². The van der Waals surface area contributed by atoms with Gasteiger partial charge in [0.25, 0.3) is 7.52 Å². The topological polar surface area (TPSA) is 170 Å². The maximum absolute atomic E-state index is 13.9. The summed E-state index contributed by atoms with van der Waals surface area (Å²) in [5.74, 6) is -1.12. The van der Waals surface area contributed by atoms with Crippen molar-refractivity contribution in [1.82, 2.24) is 24.6 Å². The van der Waals surface area contributed by atoms with Gasteiger partial charge in [0.05, 0.1) is 44.2 Å². The number of aromatic nitrogens is 4. The van der Waals surface area contributed by atoms with Crippen molar-refractivity contribution in [3.05, 3.63) is 12.7 Å². The molecule has 0 aliphatic carbocycles. The van der Waals surface area contributed by atoms with Gasteiger partial charge in [0.15, 0.2) is 11.5 Å². The predicted octanol–water partition coefficient (Wildman–Crippen LogP) is 3.28. The summed E-state index contributed by atoms with van der Waals surface area (Å²) in [4.78, 5) is 37.1. The number of nitrogens with two attached hydrogens (primary N) is 1. The first-order chi connectivity index (χ1) is 17.8. The van der Waals surface area contributed by atoms with Crippen molar-refractivity contribution in [2.75, 3.05) is 25.3 Å². The SMILES string of the molecule is CCCOC(=O)C(C)(C)N[P@](=O)(CO[C@H](C)Cn1cnc2c(N)ncnc21)OCC[C@H](C)C(=O)OC(C)C. The predicted molar refractivity (Wildman–Crippen MR) is 142 cm³/mol. The van der Waals surface area contributed by atoms with Crippen molar-refractivity contribution in [2.24, 2.45) is 5.92 Å². The van der Waals surface area contributed by atoms with Crippen molar-refractivity contribution < 1.29 is 32.9 Å². The first-order valence-corrected chi connectivity index (χ1v) is 14.5. The summed E-state index contributed by atoms with van der Waals surface area (Å²) in [6.45, 7) is 12.6. The van der Waals surface area contributed by atoms with Crippen LogP contribution < -0.4 is 10.8 Å². The number of carbonyl (C=O) groups is 2. The van der Waals surface area contributed by atoms with Gasteiger partial charge in [0, 0.05) is 0 Å².